The molecule has 0 aliphatic carbocycles. The first-order chi connectivity index (χ1) is 13.6. The Balaban J connectivity index is 1.63. The average molecular weight is 391 g/mol. The van der Waals surface area contributed by atoms with E-state index in [2.05, 4.69) is 48.4 Å². The molecular weight excluding hydrogens is 356 g/mol. The van der Waals surface area contributed by atoms with Gasteiger partial charge in [0.05, 0.1) is 26.9 Å². The number of morpholine rings is 1. The highest BCUT2D eigenvalue weighted by Crippen LogP contribution is 2.35. The SMILES string of the molecule is CCNC(=NCc1cc2c(cc1OC)CC(C)O2)NCC(C)N1CCOCC1. The molecule has 2 aliphatic rings. The molecule has 0 radical (unpaired) electrons. The molecule has 28 heavy (non-hydrogen) atoms. The molecule has 2 heterocycles. The molecule has 0 amide bonds. The zero-order valence-electron chi connectivity index (χ0n) is 17.6. The van der Waals surface area contributed by atoms with Crippen LogP contribution in [0, 0.1) is 0 Å². The third-order valence-corrected chi connectivity index (χ3v) is 5.28. The normalized spacial score (nSPS) is 21.0. The number of aliphatic imine (C=N–C) groups is 1. The van der Waals surface area contributed by atoms with E-state index in [1.807, 2.05) is 0 Å². The van der Waals surface area contributed by atoms with Crippen LogP contribution in [0.25, 0.3) is 0 Å². The van der Waals surface area contributed by atoms with Crippen LogP contribution in [0.4, 0.5) is 0 Å². The van der Waals surface area contributed by atoms with E-state index in [0.717, 1.165) is 68.8 Å². The predicted molar refractivity (Wildman–Crippen MR) is 111 cm³/mol. The summed E-state index contributed by atoms with van der Waals surface area (Å²) in [5.41, 5.74) is 2.25. The molecule has 0 saturated carbocycles. The van der Waals surface area contributed by atoms with E-state index in [-0.39, 0.29) is 6.10 Å². The molecular formula is C21H34N4O3. The van der Waals surface area contributed by atoms with Crippen molar-refractivity contribution < 1.29 is 14.2 Å². The van der Waals surface area contributed by atoms with Gasteiger partial charge in [-0.15, -0.1) is 0 Å². The number of rotatable bonds is 7. The Bertz CT molecular complexity index is 674. The molecule has 7 heteroatoms. The molecule has 1 saturated heterocycles. The summed E-state index contributed by atoms with van der Waals surface area (Å²) in [7, 11) is 1.71. The summed E-state index contributed by atoms with van der Waals surface area (Å²) in [6.07, 6.45) is 1.15. The van der Waals surface area contributed by atoms with E-state index in [0.29, 0.717) is 12.6 Å². The zero-order valence-corrected chi connectivity index (χ0v) is 17.6. The van der Waals surface area contributed by atoms with Gasteiger partial charge in [0.2, 0.25) is 0 Å². The molecule has 2 atom stereocenters. The van der Waals surface area contributed by atoms with E-state index < -0.39 is 0 Å². The first kappa shape index (κ1) is 20.7. The summed E-state index contributed by atoms with van der Waals surface area (Å²) < 4.78 is 16.9. The van der Waals surface area contributed by atoms with Crippen molar-refractivity contribution in [1.82, 2.24) is 15.5 Å². The van der Waals surface area contributed by atoms with E-state index in [1.165, 1.54) is 5.56 Å². The zero-order chi connectivity index (χ0) is 19.9. The number of guanidine groups is 1. The number of nitrogens with one attached hydrogen (secondary N) is 2. The Morgan fingerprint density at radius 1 is 1.32 bits per heavy atom. The minimum atomic E-state index is 0.221. The summed E-state index contributed by atoms with van der Waals surface area (Å²) in [5, 5.41) is 6.80. The molecule has 3 rings (SSSR count). The van der Waals surface area contributed by atoms with Crippen LogP contribution in [0.2, 0.25) is 0 Å². The molecule has 1 fully saturated rings. The van der Waals surface area contributed by atoms with Gasteiger partial charge in [-0.05, 0) is 32.9 Å². The highest BCUT2D eigenvalue weighted by molar-refractivity contribution is 5.79. The van der Waals surface area contributed by atoms with Crippen LogP contribution in [0.15, 0.2) is 17.1 Å². The lowest BCUT2D eigenvalue weighted by atomic mass is 10.1. The van der Waals surface area contributed by atoms with Gasteiger partial charge >= 0.3 is 0 Å². The maximum Gasteiger partial charge on any atom is 0.191 e. The summed E-state index contributed by atoms with van der Waals surface area (Å²) in [5.74, 6) is 2.65. The van der Waals surface area contributed by atoms with E-state index >= 15 is 0 Å². The Morgan fingerprint density at radius 2 is 2.11 bits per heavy atom. The number of methoxy groups -OCH3 is 1. The van der Waals surface area contributed by atoms with Crippen LogP contribution in [0.3, 0.4) is 0 Å². The average Bonchev–Trinajstić information content (AvgIpc) is 3.08. The van der Waals surface area contributed by atoms with Crippen LogP contribution in [0.5, 0.6) is 11.5 Å². The van der Waals surface area contributed by atoms with Crippen LogP contribution in [-0.2, 0) is 17.7 Å². The molecule has 2 N–H and O–H groups in total. The maximum absolute atomic E-state index is 5.90. The van der Waals surface area contributed by atoms with E-state index in [1.54, 1.807) is 7.11 Å². The van der Waals surface area contributed by atoms with Crippen LogP contribution >= 0.6 is 0 Å². The standard InChI is InChI=1S/C21H34N4O3/c1-5-22-21(23-13-15(2)25-6-8-27-9-7-25)24-14-18-12-20-17(10-16(3)28-20)11-19(18)26-4/h11-12,15-16H,5-10,13-14H2,1-4H3,(H2,22,23,24). The Kier molecular flexibility index (Phi) is 7.39. The van der Waals surface area contributed by atoms with Gasteiger partial charge in [0, 0.05) is 49.8 Å². The van der Waals surface area contributed by atoms with Crippen molar-refractivity contribution in [2.75, 3.05) is 46.5 Å². The van der Waals surface area contributed by atoms with Gasteiger partial charge < -0.3 is 24.8 Å². The fraction of sp³-hybridized carbons (Fsp3) is 0.667. The number of ether oxygens (including phenoxy) is 3. The molecule has 0 spiro atoms. The van der Waals surface area contributed by atoms with Crippen molar-refractivity contribution in [2.45, 2.75) is 45.9 Å². The third kappa shape index (κ3) is 5.29. The molecule has 0 aromatic heterocycles. The molecule has 0 bridgehead atoms. The lowest BCUT2D eigenvalue weighted by Gasteiger charge is -2.32. The lowest BCUT2D eigenvalue weighted by molar-refractivity contribution is 0.0211. The maximum atomic E-state index is 5.90. The van der Waals surface area contributed by atoms with Crippen molar-refractivity contribution >= 4 is 5.96 Å². The quantitative estimate of drug-likeness (QED) is 0.547. The molecule has 1 aromatic carbocycles. The van der Waals surface area contributed by atoms with Crippen LogP contribution in [0.1, 0.15) is 31.9 Å². The minimum absolute atomic E-state index is 0.221. The van der Waals surface area contributed by atoms with Crippen LogP contribution < -0.4 is 20.1 Å². The fourth-order valence-corrected chi connectivity index (χ4v) is 3.69. The van der Waals surface area contributed by atoms with Gasteiger partial charge in [-0.25, -0.2) is 4.99 Å². The molecule has 2 aliphatic heterocycles. The Hall–Kier alpha value is -1.99. The van der Waals surface area contributed by atoms with Crippen molar-refractivity contribution in [3.05, 3.63) is 23.3 Å². The summed E-state index contributed by atoms with van der Waals surface area (Å²) in [4.78, 5) is 7.22. The van der Waals surface area contributed by atoms with Crippen molar-refractivity contribution in [2.24, 2.45) is 4.99 Å². The largest absolute Gasteiger partial charge is 0.496 e. The van der Waals surface area contributed by atoms with Gasteiger partial charge in [0.1, 0.15) is 17.6 Å². The van der Waals surface area contributed by atoms with Gasteiger partial charge in [0.25, 0.3) is 0 Å². The third-order valence-electron chi connectivity index (χ3n) is 5.28. The first-order valence-corrected chi connectivity index (χ1v) is 10.3. The number of benzene rings is 1. The molecule has 7 nitrogen and oxygen atoms in total. The smallest absolute Gasteiger partial charge is 0.191 e. The second-order valence-corrected chi connectivity index (χ2v) is 7.48. The summed E-state index contributed by atoms with van der Waals surface area (Å²) in [6, 6.07) is 4.59. The van der Waals surface area contributed by atoms with Crippen LogP contribution in [-0.4, -0.2) is 69.5 Å². The van der Waals surface area contributed by atoms with Crippen molar-refractivity contribution in [1.29, 1.82) is 0 Å². The molecule has 1 aromatic rings. The Labute approximate surface area is 168 Å². The molecule has 156 valence electrons. The molecule has 2 unspecified atom stereocenters. The topological polar surface area (TPSA) is 67.4 Å². The van der Waals surface area contributed by atoms with E-state index in [9.17, 15) is 0 Å². The van der Waals surface area contributed by atoms with E-state index in [4.69, 9.17) is 19.2 Å². The number of nitrogens with zero attached hydrogens (tertiary/aromatic N) is 2. The van der Waals surface area contributed by atoms with Crippen molar-refractivity contribution in [3.63, 3.8) is 0 Å². The van der Waals surface area contributed by atoms with Gasteiger partial charge in [-0.2, -0.15) is 0 Å². The van der Waals surface area contributed by atoms with Gasteiger partial charge in [0.15, 0.2) is 5.96 Å². The highest BCUT2D eigenvalue weighted by Gasteiger charge is 2.22. The lowest BCUT2D eigenvalue weighted by Crippen LogP contribution is -2.49. The second kappa shape index (κ2) is 9.98. The fourth-order valence-electron chi connectivity index (χ4n) is 3.69. The predicted octanol–water partition coefficient (Wildman–Crippen LogP) is 1.79. The highest BCUT2D eigenvalue weighted by atomic mass is 16.5. The monoisotopic (exact) mass is 390 g/mol. The summed E-state index contributed by atoms with van der Waals surface area (Å²) in [6.45, 7) is 12.2. The Morgan fingerprint density at radius 3 is 2.82 bits per heavy atom. The van der Waals surface area contributed by atoms with Gasteiger partial charge in [-0.1, -0.05) is 0 Å². The number of fused-ring (bicyclic) bond motifs is 1. The van der Waals surface area contributed by atoms with Crippen molar-refractivity contribution in [3.8, 4) is 11.5 Å². The number of hydrogen-bond donors (Lipinski definition) is 2. The van der Waals surface area contributed by atoms with Gasteiger partial charge in [-0.3, -0.25) is 4.90 Å². The second-order valence-electron chi connectivity index (χ2n) is 7.48. The summed E-state index contributed by atoms with van der Waals surface area (Å²) >= 11 is 0. The number of hydrogen-bond acceptors (Lipinski definition) is 5. The minimum Gasteiger partial charge on any atom is -0.496 e. The first-order valence-electron chi connectivity index (χ1n) is 10.3.